The van der Waals surface area contributed by atoms with E-state index < -0.39 is 6.03 Å². The van der Waals surface area contributed by atoms with Crippen molar-refractivity contribution in [2.75, 3.05) is 63.6 Å². The molecule has 2 aromatic rings. The average Bonchev–Trinajstić information content (AvgIpc) is 2.78. The molecule has 1 aliphatic rings. The molecule has 3 rings (SSSR count). The van der Waals surface area contributed by atoms with Crippen LogP contribution >= 0.6 is 11.6 Å². The van der Waals surface area contributed by atoms with Crippen molar-refractivity contribution >= 4 is 35.0 Å². The minimum Gasteiger partial charge on any atom is -0.491 e. The number of likely N-dealkylation sites (N-methyl/N-ethyl adjacent to an activating group) is 1. The van der Waals surface area contributed by atoms with Crippen molar-refractivity contribution in [2.24, 2.45) is 0 Å². The Balaban J connectivity index is 1.41. The van der Waals surface area contributed by atoms with E-state index in [9.17, 15) is 9.59 Å². The van der Waals surface area contributed by atoms with E-state index in [4.69, 9.17) is 16.3 Å². The molecule has 11 heteroatoms. The molecule has 3 amide bonds. The number of amides is 3. The van der Waals surface area contributed by atoms with Crippen molar-refractivity contribution in [3.05, 3.63) is 41.3 Å². The van der Waals surface area contributed by atoms with Gasteiger partial charge in [-0.2, -0.15) is 0 Å². The molecule has 1 saturated heterocycles. The maximum absolute atomic E-state index is 12.3. The lowest BCUT2D eigenvalue weighted by Gasteiger charge is -2.31. The number of aromatic nitrogens is 2. The number of piperazine rings is 1. The van der Waals surface area contributed by atoms with Gasteiger partial charge >= 0.3 is 6.03 Å². The number of benzene rings is 1. The summed E-state index contributed by atoms with van der Waals surface area (Å²) in [6.07, 6.45) is 3.66. The van der Waals surface area contributed by atoms with Crippen molar-refractivity contribution < 1.29 is 14.3 Å². The molecular weight excluding hydrogens is 446 g/mol. The standard InChI is InChI=1S/C22H30ClN7O3/c1-16-13-26-20(14-25-16)28-22(32)27-18-12-17(23)4-5-19(18)33-11-3-6-24-21(31)15-30-9-7-29(2)8-10-30/h4-5,12-14H,3,6-11,15H2,1-2H3,(H,24,31)(H2,26,27,28,32). The van der Waals surface area contributed by atoms with Crippen LogP contribution in [-0.2, 0) is 4.79 Å². The highest BCUT2D eigenvalue weighted by molar-refractivity contribution is 6.31. The highest BCUT2D eigenvalue weighted by Gasteiger charge is 2.16. The summed E-state index contributed by atoms with van der Waals surface area (Å²) >= 11 is 6.08. The number of anilines is 2. The number of aryl methyl sites for hydroxylation is 1. The maximum Gasteiger partial charge on any atom is 0.325 e. The smallest absolute Gasteiger partial charge is 0.325 e. The summed E-state index contributed by atoms with van der Waals surface area (Å²) in [7, 11) is 2.09. The van der Waals surface area contributed by atoms with Gasteiger partial charge in [0.2, 0.25) is 5.91 Å². The molecule has 0 bridgehead atoms. The van der Waals surface area contributed by atoms with E-state index in [1.165, 1.54) is 6.20 Å². The van der Waals surface area contributed by atoms with E-state index >= 15 is 0 Å². The fraction of sp³-hybridized carbons (Fsp3) is 0.455. The van der Waals surface area contributed by atoms with E-state index in [1.807, 2.05) is 6.92 Å². The predicted molar refractivity (Wildman–Crippen MR) is 128 cm³/mol. The Morgan fingerprint density at radius 1 is 1.12 bits per heavy atom. The Morgan fingerprint density at radius 2 is 1.91 bits per heavy atom. The van der Waals surface area contributed by atoms with Gasteiger partial charge in [0.25, 0.3) is 0 Å². The Labute approximate surface area is 198 Å². The first-order chi connectivity index (χ1) is 15.9. The number of hydrogen-bond acceptors (Lipinski definition) is 7. The quantitative estimate of drug-likeness (QED) is 0.477. The van der Waals surface area contributed by atoms with Crippen molar-refractivity contribution in [3.63, 3.8) is 0 Å². The van der Waals surface area contributed by atoms with Crippen molar-refractivity contribution in [3.8, 4) is 5.75 Å². The molecule has 0 aliphatic carbocycles. The average molecular weight is 476 g/mol. The summed E-state index contributed by atoms with van der Waals surface area (Å²) in [5, 5.41) is 8.72. The van der Waals surface area contributed by atoms with Crippen molar-refractivity contribution in [1.82, 2.24) is 25.1 Å². The Hall–Kier alpha value is -2.95. The summed E-state index contributed by atoms with van der Waals surface area (Å²) in [6.45, 7) is 6.88. The minimum atomic E-state index is -0.489. The summed E-state index contributed by atoms with van der Waals surface area (Å²) < 4.78 is 5.81. The first-order valence-corrected chi connectivity index (χ1v) is 11.2. The number of halogens is 1. The van der Waals surface area contributed by atoms with Crippen LogP contribution in [0.2, 0.25) is 5.02 Å². The second kappa shape index (κ2) is 12.3. The Morgan fingerprint density at radius 3 is 2.64 bits per heavy atom. The Bertz CT molecular complexity index is 934. The van der Waals surface area contributed by atoms with Gasteiger partial charge in [-0.05, 0) is 38.6 Å². The van der Waals surface area contributed by atoms with E-state index in [-0.39, 0.29) is 5.91 Å². The number of ether oxygens (including phenoxy) is 1. The molecule has 1 fully saturated rings. The molecule has 1 aromatic heterocycles. The zero-order valence-electron chi connectivity index (χ0n) is 18.9. The van der Waals surface area contributed by atoms with Crippen molar-refractivity contribution in [1.29, 1.82) is 0 Å². The number of hydrogen-bond donors (Lipinski definition) is 3. The van der Waals surface area contributed by atoms with Gasteiger partial charge in [0.05, 0.1) is 36.9 Å². The largest absolute Gasteiger partial charge is 0.491 e. The molecular formula is C22H30ClN7O3. The number of carbonyl (C=O) groups excluding carboxylic acids is 2. The molecule has 33 heavy (non-hydrogen) atoms. The third-order valence-corrected chi connectivity index (χ3v) is 5.31. The summed E-state index contributed by atoms with van der Waals surface area (Å²) in [4.78, 5) is 37.0. The van der Waals surface area contributed by atoms with Crippen LogP contribution in [0.5, 0.6) is 5.75 Å². The summed E-state index contributed by atoms with van der Waals surface area (Å²) in [5.74, 6) is 0.826. The van der Waals surface area contributed by atoms with Crippen LogP contribution in [0.25, 0.3) is 0 Å². The fourth-order valence-electron chi connectivity index (χ4n) is 3.20. The number of urea groups is 1. The van der Waals surface area contributed by atoms with Crippen LogP contribution in [-0.4, -0.2) is 84.6 Å². The number of carbonyl (C=O) groups is 2. The summed E-state index contributed by atoms with van der Waals surface area (Å²) in [6, 6.07) is 4.49. The van der Waals surface area contributed by atoms with Gasteiger partial charge in [-0.15, -0.1) is 0 Å². The molecule has 1 aliphatic heterocycles. The van der Waals surface area contributed by atoms with E-state index in [2.05, 4.69) is 42.8 Å². The van der Waals surface area contributed by atoms with Crippen LogP contribution in [0, 0.1) is 6.92 Å². The van der Waals surface area contributed by atoms with Crippen molar-refractivity contribution in [2.45, 2.75) is 13.3 Å². The minimum absolute atomic E-state index is 0.0178. The van der Waals surface area contributed by atoms with Gasteiger partial charge in [-0.1, -0.05) is 11.6 Å². The van der Waals surface area contributed by atoms with E-state index in [1.54, 1.807) is 24.4 Å². The van der Waals surface area contributed by atoms with Gasteiger partial charge in [0, 0.05) is 37.7 Å². The zero-order chi connectivity index (χ0) is 23.6. The van der Waals surface area contributed by atoms with Gasteiger partial charge in [-0.3, -0.25) is 20.0 Å². The number of nitrogens with one attached hydrogen (secondary N) is 3. The predicted octanol–water partition coefficient (Wildman–Crippen LogP) is 2.21. The second-order valence-corrected chi connectivity index (χ2v) is 8.33. The topological polar surface area (TPSA) is 112 Å². The lowest BCUT2D eigenvalue weighted by molar-refractivity contribution is -0.122. The highest BCUT2D eigenvalue weighted by atomic mass is 35.5. The Kier molecular flexibility index (Phi) is 9.23. The lowest BCUT2D eigenvalue weighted by Crippen LogP contribution is -2.48. The van der Waals surface area contributed by atoms with Gasteiger partial charge < -0.3 is 20.3 Å². The van der Waals surface area contributed by atoms with E-state index in [0.717, 1.165) is 31.9 Å². The van der Waals surface area contributed by atoms with Crippen LogP contribution in [0.1, 0.15) is 12.1 Å². The van der Waals surface area contributed by atoms with Crippen LogP contribution in [0.4, 0.5) is 16.3 Å². The lowest BCUT2D eigenvalue weighted by atomic mass is 10.3. The molecule has 2 heterocycles. The van der Waals surface area contributed by atoms with Crippen LogP contribution < -0.4 is 20.7 Å². The van der Waals surface area contributed by atoms with Gasteiger partial charge in [-0.25, -0.2) is 9.78 Å². The molecule has 0 spiro atoms. The molecule has 0 unspecified atom stereocenters. The zero-order valence-corrected chi connectivity index (χ0v) is 19.7. The monoisotopic (exact) mass is 475 g/mol. The van der Waals surface area contributed by atoms with Gasteiger partial charge in [0.15, 0.2) is 5.82 Å². The van der Waals surface area contributed by atoms with Crippen LogP contribution in [0.3, 0.4) is 0 Å². The third kappa shape index (κ3) is 8.49. The fourth-order valence-corrected chi connectivity index (χ4v) is 3.37. The first kappa shape index (κ1) is 24.7. The third-order valence-electron chi connectivity index (χ3n) is 5.08. The molecule has 0 saturated carbocycles. The van der Waals surface area contributed by atoms with Crippen LogP contribution in [0.15, 0.2) is 30.6 Å². The molecule has 0 atom stereocenters. The summed E-state index contributed by atoms with van der Waals surface area (Å²) in [5.41, 5.74) is 1.18. The number of rotatable bonds is 9. The number of nitrogens with zero attached hydrogens (tertiary/aromatic N) is 4. The molecule has 3 N–H and O–H groups in total. The second-order valence-electron chi connectivity index (χ2n) is 7.89. The molecule has 10 nitrogen and oxygen atoms in total. The van der Waals surface area contributed by atoms with E-state index in [0.29, 0.717) is 48.4 Å². The molecule has 1 aromatic carbocycles. The van der Waals surface area contributed by atoms with Gasteiger partial charge in [0.1, 0.15) is 5.75 Å². The highest BCUT2D eigenvalue weighted by Crippen LogP contribution is 2.28. The normalized spacial score (nSPS) is 14.5. The molecule has 0 radical (unpaired) electrons. The first-order valence-electron chi connectivity index (χ1n) is 10.9. The maximum atomic E-state index is 12.3. The SMILES string of the molecule is Cc1cnc(NC(=O)Nc2cc(Cl)ccc2OCCCNC(=O)CN2CCN(C)CC2)cn1. The molecule has 178 valence electrons.